The van der Waals surface area contributed by atoms with Gasteiger partial charge in [-0.05, 0) is 37.2 Å². The molecule has 6 nitrogen and oxygen atoms in total. The molecule has 1 N–H and O–H groups in total. The van der Waals surface area contributed by atoms with Gasteiger partial charge in [0.2, 0.25) is 5.89 Å². The monoisotopic (exact) mass is 338 g/mol. The first-order valence-electron chi connectivity index (χ1n) is 7.52. The fourth-order valence-corrected chi connectivity index (χ4v) is 2.94. The van der Waals surface area contributed by atoms with Gasteiger partial charge < -0.3 is 9.52 Å². The van der Waals surface area contributed by atoms with Crippen LogP contribution in [0.5, 0.6) is 0 Å². The van der Waals surface area contributed by atoms with Gasteiger partial charge in [-0.1, -0.05) is 6.92 Å². The highest BCUT2D eigenvalue weighted by Crippen LogP contribution is 2.21. The highest BCUT2D eigenvalue weighted by atomic mass is 32.2. The standard InChI is InChI=1S/C16H22N2O4S/c1-3-8-18(9-10-19)11-14-12-22-16(17-14)13-4-6-15(7-5-13)23(2,20)21/h4-7,12,19H,3,8-11H2,1-2H3. The van der Waals surface area contributed by atoms with Crippen LogP contribution in [-0.4, -0.2) is 49.4 Å². The predicted molar refractivity (Wildman–Crippen MR) is 87.7 cm³/mol. The second-order valence-corrected chi connectivity index (χ2v) is 7.46. The van der Waals surface area contributed by atoms with Crippen molar-refractivity contribution in [2.45, 2.75) is 24.8 Å². The van der Waals surface area contributed by atoms with Crippen LogP contribution in [-0.2, 0) is 16.4 Å². The smallest absolute Gasteiger partial charge is 0.226 e. The number of rotatable bonds is 8. The van der Waals surface area contributed by atoms with Crippen LogP contribution in [0.25, 0.3) is 11.5 Å². The summed E-state index contributed by atoms with van der Waals surface area (Å²) >= 11 is 0. The molecule has 0 spiro atoms. The third-order valence-corrected chi connectivity index (χ3v) is 4.55. The number of oxazole rings is 1. The summed E-state index contributed by atoms with van der Waals surface area (Å²) in [7, 11) is -3.21. The second-order valence-electron chi connectivity index (χ2n) is 5.44. The molecule has 0 saturated heterocycles. The molecule has 0 bridgehead atoms. The average Bonchev–Trinajstić information content (AvgIpc) is 2.95. The van der Waals surface area contributed by atoms with E-state index in [-0.39, 0.29) is 11.5 Å². The van der Waals surface area contributed by atoms with Crippen molar-refractivity contribution in [1.82, 2.24) is 9.88 Å². The normalized spacial score (nSPS) is 12.0. The number of nitrogens with zero attached hydrogens (tertiary/aromatic N) is 2. The van der Waals surface area contributed by atoms with Crippen molar-refractivity contribution >= 4 is 9.84 Å². The first kappa shape index (κ1) is 17.7. The highest BCUT2D eigenvalue weighted by molar-refractivity contribution is 7.90. The van der Waals surface area contributed by atoms with Crippen LogP contribution < -0.4 is 0 Å². The van der Waals surface area contributed by atoms with Crippen molar-refractivity contribution in [3.8, 4) is 11.5 Å². The minimum Gasteiger partial charge on any atom is -0.444 e. The summed E-state index contributed by atoms with van der Waals surface area (Å²) in [6, 6.07) is 6.46. The third-order valence-electron chi connectivity index (χ3n) is 3.42. The molecule has 1 aromatic heterocycles. The maximum absolute atomic E-state index is 11.5. The van der Waals surface area contributed by atoms with Gasteiger partial charge in [-0.25, -0.2) is 13.4 Å². The van der Waals surface area contributed by atoms with Crippen LogP contribution in [0, 0.1) is 0 Å². The van der Waals surface area contributed by atoms with Crippen molar-refractivity contribution in [3.63, 3.8) is 0 Å². The minimum atomic E-state index is -3.21. The summed E-state index contributed by atoms with van der Waals surface area (Å²) in [6.07, 6.45) is 3.77. The fraction of sp³-hybridized carbons (Fsp3) is 0.438. The number of hydrogen-bond donors (Lipinski definition) is 1. The lowest BCUT2D eigenvalue weighted by Gasteiger charge is -2.18. The molecule has 0 aliphatic heterocycles. The Labute approximate surface area is 136 Å². The van der Waals surface area contributed by atoms with Crippen LogP contribution >= 0.6 is 0 Å². The summed E-state index contributed by atoms with van der Waals surface area (Å²) < 4.78 is 28.4. The van der Waals surface area contributed by atoms with E-state index in [1.807, 2.05) is 0 Å². The van der Waals surface area contributed by atoms with Gasteiger partial charge in [-0.15, -0.1) is 0 Å². The number of aromatic nitrogens is 1. The minimum absolute atomic E-state index is 0.109. The lowest BCUT2D eigenvalue weighted by Crippen LogP contribution is -2.27. The van der Waals surface area contributed by atoms with Crippen LogP contribution in [0.4, 0.5) is 0 Å². The van der Waals surface area contributed by atoms with E-state index in [1.165, 1.54) is 6.26 Å². The van der Waals surface area contributed by atoms with Crippen molar-refractivity contribution in [3.05, 3.63) is 36.2 Å². The van der Waals surface area contributed by atoms with Gasteiger partial charge in [-0.3, -0.25) is 4.90 Å². The Bertz CT molecular complexity index is 717. The summed E-state index contributed by atoms with van der Waals surface area (Å²) in [6.45, 7) is 4.28. The molecule has 0 amide bonds. The van der Waals surface area contributed by atoms with Crippen LogP contribution in [0.3, 0.4) is 0 Å². The molecule has 0 saturated carbocycles. The van der Waals surface area contributed by atoms with E-state index in [0.717, 1.165) is 24.2 Å². The summed E-state index contributed by atoms with van der Waals surface area (Å²) in [5.74, 6) is 0.459. The molecule has 2 aromatic rings. The van der Waals surface area contributed by atoms with E-state index in [2.05, 4.69) is 16.8 Å². The van der Waals surface area contributed by atoms with Gasteiger partial charge >= 0.3 is 0 Å². The van der Waals surface area contributed by atoms with Crippen LogP contribution in [0.2, 0.25) is 0 Å². The summed E-state index contributed by atoms with van der Waals surface area (Å²) in [4.78, 5) is 6.81. The number of sulfone groups is 1. The van der Waals surface area contributed by atoms with Gasteiger partial charge in [0, 0.05) is 24.9 Å². The molecule has 0 atom stereocenters. The lowest BCUT2D eigenvalue weighted by molar-refractivity contribution is 0.189. The fourth-order valence-electron chi connectivity index (χ4n) is 2.31. The lowest BCUT2D eigenvalue weighted by atomic mass is 10.2. The molecule has 1 heterocycles. The molecule has 23 heavy (non-hydrogen) atoms. The zero-order valence-electron chi connectivity index (χ0n) is 13.4. The Morgan fingerprint density at radius 2 is 1.91 bits per heavy atom. The van der Waals surface area contributed by atoms with E-state index in [9.17, 15) is 8.42 Å². The van der Waals surface area contributed by atoms with Crippen molar-refractivity contribution in [2.75, 3.05) is 26.0 Å². The van der Waals surface area contributed by atoms with E-state index in [1.54, 1.807) is 30.5 Å². The number of hydrogen-bond acceptors (Lipinski definition) is 6. The zero-order chi connectivity index (χ0) is 16.9. The first-order valence-corrected chi connectivity index (χ1v) is 9.41. The van der Waals surface area contributed by atoms with Gasteiger partial charge in [-0.2, -0.15) is 0 Å². The molecule has 0 aliphatic carbocycles. The molecule has 0 unspecified atom stereocenters. The van der Waals surface area contributed by atoms with Crippen molar-refractivity contribution < 1.29 is 17.9 Å². The van der Waals surface area contributed by atoms with Gasteiger partial charge in [0.1, 0.15) is 6.26 Å². The molecule has 0 aliphatic rings. The molecule has 126 valence electrons. The van der Waals surface area contributed by atoms with E-state index < -0.39 is 9.84 Å². The van der Waals surface area contributed by atoms with E-state index in [0.29, 0.717) is 19.0 Å². The Hall–Kier alpha value is -1.70. The molecule has 7 heteroatoms. The van der Waals surface area contributed by atoms with E-state index >= 15 is 0 Å². The van der Waals surface area contributed by atoms with Gasteiger partial charge in [0.05, 0.1) is 17.2 Å². The Morgan fingerprint density at radius 1 is 1.22 bits per heavy atom. The molecular weight excluding hydrogens is 316 g/mol. The quantitative estimate of drug-likeness (QED) is 0.792. The largest absolute Gasteiger partial charge is 0.444 e. The number of aliphatic hydroxyl groups is 1. The first-order chi connectivity index (χ1) is 10.9. The Balaban J connectivity index is 2.12. The maximum atomic E-state index is 11.5. The average molecular weight is 338 g/mol. The molecule has 1 aromatic carbocycles. The molecule has 0 radical (unpaired) electrons. The topological polar surface area (TPSA) is 83.6 Å². The van der Waals surface area contributed by atoms with Crippen LogP contribution in [0.15, 0.2) is 39.8 Å². The number of benzene rings is 1. The highest BCUT2D eigenvalue weighted by Gasteiger charge is 2.12. The number of aliphatic hydroxyl groups excluding tert-OH is 1. The summed E-state index contributed by atoms with van der Waals surface area (Å²) in [5.41, 5.74) is 1.52. The van der Waals surface area contributed by atoms with Crippen molar-refractivity contribution in [2.24, 2.45) is 0 Å². The molecule has 2 rings (SSSR count). The summed E-state index contributed by atoms with van der Waals surface area (Å²) in [5, 5.41) is 9.08. The van der Waals surface area contributed by atoms with Gasteiger partial charge in [0.25, 0.3) is 0 Å². The van der Waals surface area contributed by atoms with E-state index in [4.69, 9.17) is 9.52 Å². The SMILES string of the molecule is CCCN(CCO)Cc1coc(-c2ccc(S(C)(=O)=O)cc2)n1. The third kappa shape index (κ3) is 4.89. The van der Waals surface area contributed by atoms with Gasteiger partial charge in [0.15, 0.2) is 9.84 Å². The Morgan fingerprint density at radius 3 is 2.48 bits per heavy atom. The molecule has 0 fully saturated rings. The second kappa shape index (κ2) is 7.72. The maximum Gasteiger partial charge on any atom is 0.226 e. The molecular formula is C16H22N2O4S. The predicted octanol–water partition coefficient (Wildman–Crippen LogP) is 1.95. The Kier molecular flexibility index (Phi) is 5.92. The van der Waals surface area contributed by atoms with Crippen molar-refractivity contribution in [1.29, 1.82) is 0 Å². The zero-order valence-corrected chi connectivity index (χ0v) is 14.2. The van der Waals surface area contributed by atoms with Crippen LogP contribution in [0.1, 0.15) is 19.0 Å².